The Labute approximate surface area is 184 Å². The number of thioether (sulfide) groups is 1. The summed E-state index contributed by atoms with van der Waals surface area (Å²) in [6.07, 6.45) is 2.88. The molecule has 0 bridgehead atoms. The minimum Gasteiger partial charge on any atom is -0.319 e. The standard InChI is InChI=1S/C23H23N5O2S/c1-14-20(23(30)28(27(14)3)18-9-5-4-6-10-18)26-21(29)15(2)31-22-17(13-24)12-16-8-7-11-19(16)25-22/h4-6,9-10,12,15H,7-8,11H2,1-3H3,(H,26,29). The molecule has 4 rings (SSSR count). The van der Waals surface area contributed by atoms with Gasteiger partial charge >= 0.3 is 0 Å². The lowest BCUT2D eigenvalue weighted by molar-refractivity contribution is -0.115. The van der Waals surface area contributed by atoms with Crippen LogP contribution in [-0.2, 0) is 24.7 Å². The van der Waals surface area contributed by atoms with E-state index in [1.165, 1.54) is 16.4 Å². The summed E-state index contributed by atoms with van der Waals surface area (Å²) in [4.78, 5) is 30.6. The number of nitriles is 1. The number of nitrogens with zero attached hydrogens (tertiary/aromatic N) is 4. The number of carbonyl (C=O) groups excluding carboxylic acids is 1. The summed E-state index contributed by atoms with van der Waals surface area (Å²) in [5.41, 5.74) is 3.98. The van der Waals surface area contributed by atoms with Crippen LogP contribution in [0.2, 0.25) is 0 Å². The number of fused-ring (bicyclic) bond motifs is 1. The molecule has 1 aliphatic rings. The molecule has 0 saturated heterocycles. The molecule has 0 spiro atoms. The Morgan fingerprint density at radius 2 is 2.03 bits per heavy atom. The fourth-order valence-electron chi connectivity index (χ4n) is 3.78. The van der Waals surface area contributed by atoms with E-state index in [0.717, 1.165) is 36.2 Å². The first kappa shape index (κ1) is 20.9. The van der Waals surface area contributed by atoms with E-state index in [2.05, 4.69) is 16.4 Å². The van der Waals surface area contributed by atoms with Crippen molar-refractivity contribution in [3.8, 4) is 11.8 Å². The zero-order valence-electron chi connectivity index (χ0n) is 17.7. The predicted octanol–water partition coefficient (Wildman–Crippen LogP) is 3.36. The topological polar surface area (TPSA) is 92.7 Å². The van der Waals surface area contributed by atoms with E-state index in [4.69, 9.17) is 0 Å². The average Bonchev–Trinajstić information content (AvgIpc) is 3.31. The summed E-state index contributed by atoms with van der Waals surface area (Å²) >= 11 is 1.25. The van der Waals surface area contributed by atoms with Crippen molar-refractivity contribution in [2.75, 3.05) is 5.32 Å². The summed E-state index contributed by atoms with van der Waals surface area (Å²) in [7, 11) is 1.78. The zero-order valence-corrected chi connectivity index (χ0v) is 18.5. The van der Waals surface area contributed by atoms with Crippen LogP contribution in [0.4, 0.5) is 5.69 Å². The quantitative estimate of drug-likeness (QED) is 0.623. The van der Waals surface area contributed by atoms with Gasteiger partial charge in [-0.3, -0.25) is 14.3 Å². The lowest BCUT2D eigenvalue weighted by Gasteiger charge is -2.13. The van der Waals surface area contributed by atoms with Gasteiger partial charge in [-0.2, -0.15) is 5.26 Å². The molecular formula is C23H23N5O2S. The van der Waals surface area contributed by atoms with Crippen LogP contribution in [-0.4, -0.2) is 25.5 Å². The Morgan fingerprint density at radius 3 is 2.74 bits per heavy atom. The highest BCUT2D eigenvalue weighted by molar-refractivity contribution is 8.00. The molecule has 1 atom stereocenters. The lowest BCUT2D eigenvalue weighted by Crippen LogP contribution is -2.27. The number of para-hydroxylation sites is 1. The second-order valence-corrected chi connectivity index (χ2v) is 8.93. The van der Waals surface area contributed by atoms with Crippen molar-refractivity contribution in [2.24, 2.45) is 7.05 Å². The second-order valence-electron chi connectivity index (χ2n) is 7.60. The summed E-state index contributed by atoms with van der Waals surface area (Å²) in [6, 6.07) is 13.4. The summed E-state index contributed by atoms with van der Waals surface area (Å²) < 4.78 is 3.25. The van der Waals surface area contributed by atoms with Crippen LogP contribution in [0, 0.1) is 18.3 Å². The van der Waals surface area contributed by atoms with Gasteiger partial charge in [0.1, 0.15) is 16.8 Å². The molecule has 2 heterocycles. The molecule has 1 aromatic carbocycles. The fraction of sp³-hybridized carbons (Fsp3) is 0.304. The van der Waals surface area contributed by atoms with E-state index in [9.17, 15) is 14.9 Å². The highest BCUT2D eigenvalue weighted by Crippen LogP contribution is 2.30. The number of amides is 1. The van der Waals surface area contributed by atoms with Gasteiger partial charge in [0.25, 0.3) is 5.56 Å². The Bertz CT molecular complexity index is 1250. The van der Waals surface area contributed by atoms with Gasteiger partial charge in [-0.05, 0) is 56.9 Å². The third kappa shape index (κ3) is 3.89. The molecular weight excluding hydrogens is 410 g/mol. The van der Waals surface area contributed by atoms with E-state index in [1.807, 2.05) is 36.4 Å². The van der Waals surface area contributed by atoms with Crippen LogP contribution in [0.15, 0.2) is 46.2 Å². The van der Waals surface area contributed by atoms with Gasteiger partial charge in [0.15, 0.2) is 0 Å². The molecule has 0 radical (unpaired) electrons. The molecule has 1 unspecified atom stereocenters. The van der Waals surface area contributed by atoms with Crippen molar-refractivity contribution in [1.29, 1.82) is 5.26 Å². The maximum absolute atomic E-state index is 13.0. The van der Waals surface area contributed by atoms with Crippen molar-refractivity contribution in [3.63, 3.8) is 0 Å². The number of hydrogen-bond donors (Lipinski definition) is 1. The number of hydrogen-bond acceptors (Lipinski definition) is 5. The molecule has 158 valence electrons. The predicted molar refractivity (Wildman–Crippen MR) is 121 cm³/mol. The van der Waals surface area contributed by atoms with Gasteiger partial charge in [0, 0.05) is 12.7 Å². The minimum absolute atomic E-state index is 0.256. The molecule has 1 aliphatic carbocycles. The summed E-state index contributed by atoms with van der Waals surface area (Å²) in [5.74, 6) is -0.304. The van der Waals surface area contributed by atoms with Crippen molar-refractivity contribution >= 4 is 23.4 Å². The van der Waals surface area contributed by atoms with Crippen LogP contribution in [0.5, 0.6) is 0 Å². The van der Waals surface area contributed by atoms with Crippen LogP contribution in [0.1, 0.15) is 35.9 Å². The number of benzene rings is 1. The Morgan fingerprint density at radius 1 is 1.29 bits per heavy atom. The van der Waals surface area contributed by atoms with E-state index < -0.39 is 5.25 Å². The monoisotopic (exact) mass is 433 g/mol. The highest BCUT2D eigenvalue weighted by Gasteiger charge is 2.24. The van der Waals surface area contributed by atoms with Crippen LogP contribution < -0.4 is 10.9 Å². The molecule has 0 saturated carbocycles. The first-order valence-electron chi connectivity index (χ1n) is 10.1. The third-order valence-electron chi connectivity index (χ3n) is 5.60. The molecule has 1 amide bonds. The van der Waals surface area contributed by atoms with Crippen molar-refractivity contribution in [1.82, 2.24) is 14.3 Å². The van der Waals surface area contributed by atoms with Gasteiger partial charge in [-0.1, -0.05) is 30.0 Å². The van der Waals surface area contributed by atoms with Crippen molar-refractivity contribution in [3.05, 3.63) is 69.3 Å². The molecule has 0 fully saturated rings. The summed E-state index contributed by atoms with van der Waals surface area (Å²) in [5, 5.41) is 12.3. The van der Waals surface area contributed by atoms with E-state index in [0.29, 0.717) is 16.3 Å². The number of rotatable bonds is 5. The molecule has 7 nitrogen and oxygen atoms in total. The first-order valence-corrected chi connectivity index (χ1v) is 11.0. The van der Waals surface area contributed by atoms with Gasteiger partial charge in [0.05, 0.1) is 22.2 Å². The minimum atomic E-state index is -0.525. The Balaban J connectivity index is 1.57. The summed E-state index contributed by atoms with van der Waals surface area (Å²) in [6.45, 7) is 3.55. The third-order valence-corrected chi connectivity index (χ3v) is 6.70. The highest BCUT2D eigenvalue weighted by atomic mass is 32.2. The smallest absolute Gasteiger partial charge is 0.295 e. The molecule has 3 aromatic rings. The van der Waals surface area contributed by atoms with Crippen LogP contribution >= 0.6 is 11.8 Å². The number of anilines is 1. The fourth-order valence-corrected chi connectivity index (χ4v) is 4.68. The van der Waals surface area contributed by atoms with Crippen LogP contribution in [0.25, 0.3) is 5.69 Å². The van der Waals surface area contributed by atoms with Crippen LogP contribution in [0.3, 0.4) is 0 Å². The van der Waals surface area contributed by atoms with E-state index >= 15 is 0 Å². The number of aromatic nitrogens is 3. The Kier molecular flexibility index (Phi) is 5.70. The van der Waals surface area contributed by atoms with E-state index in [1.54, 1.807) is 25.6 Å². The maximum atomic E-state index is 13.0. The molecule has 2 aromatic heterocycles. The molecule has 0 aliphatic heterocycles. The molecule has 8 heteroatoms. The Hall–Kier alpha value is -3.31. The lowest BCUT2D eigenvalue weighted by atomic mass is 10.2. The normalized spacial score (nSPS) is 13.5. The van der Waals surface area contributed by atoms with Gasteiger partial charge in [0.2, 0.25) is 5.91 Å². The second kappa shape index (κ2) is 8.44. The number of pyridine rings is 1. The van der Waals surface area contributed by atoms with Gasteiger partial charge < -0.3 is 5.32 Å². The molecule has 1 N–H and O–H groups in total. The average molecular weight is 434 g/mol. The first-order chi connectivity index (χ1) is 14.9. The van der Waals surface area contributed by atoms with Gasteiger partial charge in [-0.25, -0.2) is 9.67 Å². The zero-order chi connectivity index (χ0) is 22.1. The number of nitrogens with one attached hydrogen (secondary N) is 1. The maximum Gasteiger partial charge on any atom is 0.295 e. The largest absolute Gasteiger partial charge is 0.319 e. The van der Waals surface area contributed by atoms with Crippen molar-refractivity contribution < 1.29 is 4.79 Å². The number of carbonyl (C=O) groups is 1. The van der Waals surface area contributed by atoms with Gasteiger partial charge in [-0.15, -0.1) is 0 Å². The van der Waals surface area contributed by atoms with E-state index in [-0.39, 0.29) is 17.2 Å². The SMILES string of the molecule is Cc1c(NC(=O)C(C)Sc2nc3c(cc2C#N)CCC3)c(=O)n(-c2ccccc2)n1C. The molecule has 31 heavy (non-hydrogen) atoms. The number of aryl methyl sites for hydroxylation is 2. The van der Waals surface area contributed by atoms with Crippen molar-refractivity contribution in [2.45, 2.75) is 43.4 Å².